The third-order valence-electron chi connectivity index (χ3n) is 1.57. The number of benzene rings is 1. The predicted molar refractivity (Wildman–Crippen MR) is 60.3 cm³/mol. The molecule has 0 bridgehead atoms. The molecule has 0 N–H and O–H groups in total. The first-order chi connectivity index (χ1) is 6.27. The van der Waals surface area contributed by atoms with Crippen molar-refractivity contribution in [3.8, 4) is 10.6 Å². The summed E-state index contributed by atoms with van der Waals surface area (Å²) in [5.41, 5.74) is 1.10. The van der Waals surface area contributed by atoms with Gasteiger partial charge in [0.25, 0.3) is 0 Å². The van der Waals surface area contributed by atoms with Crippen molar-refractivity contribution in [1.29, 1.82) is 0 Å². The molecule has 0 saturated heterocycles. The lowest BCUT2D eigenvalue weighted by atomic mass is 10.2. The molecular formula is C9H5BrClNS. The number of hydrogen-bond donors (Lipinski definition) is 0. The maximum atomic E-state index is 5.89. The summed E-state index contributed by atoms with van der Waals surface area (Å²) in [6.07, 6.45) is 0. The van der Waals surface area contributed by atoms with Crippen LogP contribution in [0.15, 0.2) is 34.9 Å². The van der Waals surface area contributed by atoms with Gasteiger partial charge in [-0.2, -0.15) is 0 Å². The largest absolute Gasteiger partial charge is 0.228 e. The smallest absolute Gasteiger partial charge is 0.136 e. The van der Waals surface area contributed by atoms with E-state index in [1.807, 2.05) is 30.3 Å². The predicted octanol–water partition coefficient (Wildman–Crippen LogP) is 4.23. The molecule has 1 heterocycles. The maximum absolute atomic E-state index is 5.89. The minimum absolute atomic E-state index is 0.693. The number of halogens is 2. The highest BCUT2D eigenvalue weighted by Crippen LogP contribution is 2.34. The normalized spacial score (nSPS) is 10.3. The summed E-state index contributed by atoms with van der Waals surface area (Å²) in [4.78, 5) is 4.28. The van der Waals surface area contributed by atoms with Crippen LogP contribution in [0.3, 0.4) is 0 Å². The van der Waals surface area contributed by atoms with Gasteiger partial charge in [-0.3, -0.25) is 0 Å². The van der Waals surface area contributed by atoms with Gasteiger partial charge >= 0.3 is 0 Å². The second-order valence-corrected chi connectivity index (χ2v) is 4.80. The molecular weight excluding hydrogens is 270 g/mol. The van der Waals surface area contributed by atoms with Gasteiger partial charge in [-0.1, -0.05) is 41.9 Å². The van der Waals surface area contributed by atoms with E-state index in [1.54, 1.807) is 0 Å². The quantitative estimate of drug-likeness (QED) is 0.758. The molecule has 0 unspecified atom stereocenters. The first kappa shape index (κ1) is 9.19. The van der Waals surface area contributed by atoms with E-state index in [2.05, 4.69) is 20.9 Å². The topological polar surface area (TPSA) is 12.9 Å². The van der Waals surface area contributed by atoms with Crippen molar-refractivity contribution in [2.75, 3.05) is 0 Å². The molecule has 0 atom stereocenters. The Morgan fingerprint density at radius 1 is 1.23 bits per heavy atom. The van der Waals surface area contributed by atoms with Gasteiger partial charge in [0.2, 0.25) is 0 Å². The van der Waals surface area contributed by atoms with Crippen molar-refractivity contribution >= 4 is 38.9 Å². The summed E-state index contributed by atoms with van der Waals surface area (Å²) in [6, 6.07) is 9.98. The van der Waals surface area contributed by atoms with Crippen LogP contribution in [0.4, 0.5) is 0 Å². The van der Waals surface area contributed by atoms with Crippen LogP contribution in [0.25, 0.3) is 10.6 Å². The lowest BCUT2D eigenvalue weighted by Crippen LogP contribution is -1.73. The fraction of sp³-hybridized carbons (Fsp3) is 0. The number of hydrogen-bond acceptors (Lipinski definition) is 2. The Morgan fingerprint density at radius 2 is 1.92 bits per heavy atom. The van der Waals surface area contributed by atoms with E-state index < -0.39 is 0 Å². The molecule has 0 fully saturated rings. The molecule has 13 heavy (non-hydrogen) atoms. The van der Waals surface area contributed by atoms with E-state index in [0.717, 1.165) is 15.2 Å². The molecule has 0 aliphatic heterocycles. The Morgan fingerprint density at radius 3 is 2.46 bits per heavy atom. The second kappa shape index (κ2) is 3.78. The van der Waals surface area contributed by atoms with Gasteiger partial charge < -0.3 is 0 Å². The zero-order valence-corrected chi connectivity index (χ0v) is 9.66. The highest BCUT2D eigenvalue weighted by Gasteiger charge is 2.07. The van der Waals surface area contributed by atoms with E-state index in [9.17, 15) is 0 Å². The number of thiazole rings is 1. The van der Waals surface area contributed by atoms with Gasteiger partial charge in [0.15, 0.2) is 0 Å². The average molecular weight is 275 g/mol. The molecule has 1 aromatic heterocycles. The summed E-state index contributed by atoms with van der Waals surface area (Å²) in [7, 11) is 0. The van der Waals surface area contributed by atoms with Crippen molar-refractivity contribution in [2.45, 2.75) is 0 Å². The standard InChI is InChI=1S/C9H5BrClNS/c10-7-8(11)13-9(12-7)6-4-2-1-3-5-6/h1-5H. The van der Waals surface area contributed by atoms with E-state index in [1.165, 1.54) is 11.3 Å². The molecule has 4 heteroatoms. The highest BCUT2D eigenvalue weighted by molar-refractivity contribution is 9.10. The fourth-order valence-corrected chi connectivity index (χ4v) is 2.48. The Bertz CT molecular complexity index is 393. The minimum Gasteiger partial charge on any atom is -0.228 e. The molecule has 0 aliphatic rings. The SMILES string of the molecule is Clc1sc(-c2ccccc2)nc1Br. The molecule has 0 saturated carbocycles. The fourth-order valence-electron chi connectivity index (χ4n) is 0.987. The maximum Gasteiger partial charge on any atom is 0.136 e. The van der Waals surface area contributed by atoms with Crippen LogP contribution in [0.2, 0.25) is 4.34 Å². The zero-order valence-electron chi connectivity index (χ0n) is 6.50. The van der Waals surface area contributed by atoms with Crippen molar-refractivity contribution in [1.82, 2.24) is 4.98 Å². The molecule has 1 aromatic carbocycles. The average Bonchev–Trinajstić information content (AvgIpc) is 2.49. The van der Waals surface area contributed by atoms with E-state index >= 15 is 0 Å². The first-order valence-electron chi connectivity index (χ1n) is 3.64. The third kappa shape index (κ3) is 1.93. The van der Waals surface area contributed by atoms with Crippen molar-refractivity contribution < 1.29 is 0 Å². The first-order valence-corrected chi connectivity index (χ1v) is 5.63. The minimum atomic E-state index is 0.693. The summed E-state index contributed by atoms with van der Waals surface area (Å²) >= 11 is 10.6. The van der Waals surface area contributed by atoms with Crippen LogP contribution in [0.5, 0.6) is 0 Å². The lowest BCUT2D eigenvalue weighted by Gasteiger charge is -1.92. The van der Waals surface area contributed by atoms with Gasteiger partial charge in [-0.05, 0) is 15.9 Å². The van der Waals surface area contributed by atoms with Crippen LogP contribution < -0.4 is 0 Å². The van der Waals surface area contributed by atoms with Crippen LogP contribution >= 0.6 is 38.9 Å². The molecule has 2 rings (SSSR count). The molecule has 66 valence electrons. The molecule has 0 aliphatic carbocycles. The number of rotatable bonds is 1. The number of nitrogens with zero attached hydrogens (tertiary/aromatic N) is 1. The van der Waals surface area contributed by atoms with Gasteiger partial charge in [0.1, 0.15) is 13.9 Å². The lowest BCUT2D eigenvalue weighted by molar-refractivity contribution is 1.36. The summed E-state index contributed by atoms with van der Waals surface area (Å²) < 4.78 is 1.41. The van der Waals surface area contributed by atoms with Crippen molar-refractivity contribution in [2.24, 2.45) is 0 Å². The zero-order chi connectivity index (χ0) is 9.26. The Kier molecular flexibility index (Phi) is 2.67. The highest BCUT2D eigenvalue weighted by atomic mass is 79.9. The summed E-state index contributed by atoms with van der Waals surface area (Å²) in [5, 5.41) is 0.942. The van der Waals surface area contributed by atoms with E-state index in [0.29, 0.717) is 4.34 Å². The van der Waals surface area contributed by atoms with Crippen LogP contribution in [0.1, 0.15) is 0 Å². The molecule has 0 amide bonds. The van der Waals surface area contributed by atoms with Crippen LogP contribution in [-0.2, 0) is 0 Å². The van der Waals surface area contributed by atoms with Crippen LogP contribution in [-0.4, -0.2) is 4.98 Å². The molecule has 0 spiro atoms. The van der Waals surface area contributed by atoms with Gasteiger partial charge in [0.05, 0.1) is 0 Å². The van der Waals surface area contributed by atoms with Gasteiger partial charge in [0, 0.05) is 5.56 Å². The van der Waals surface area contributed by atoms with Crippen LogP contribution in [0, 0.1) is 0 Å². The molecule has 1 nitrogen and oxygen atoms in total. The van der Waals surface area contributed by atoms with Crippen molar-refractivity contribution in [3.63, 3.8) is 0 Å². The Hall–Kier alpha value is -0.380. The number of aromatic nitrogens is 1. The Labute approximate surface area is 93.5 Å². The molecule has 2 aromatic rings. The third-order valence-corrected chi connectivity index (χ3v) is 3.94. The Balaban J connectivity index is 2.48. The van der Waals surface area contributed by atoms with Crippen molar-refractivity contribution in [3.05, 3.63) is 39.3 Å². The van der Waals surface area contributed by atoms with Gasteiger partial charge in [-0.25, -0.2) is 4.98 Å². The monoisotopic (exact) mass is 273 g/mol. The summed E-state index contributed by atoms with van der Waals surface area (Å²) in [6.45, 7) is 0. The van der Waals surface area contributed by atoms with E-state index in [-0.39, 0.29) is 0 Å². The van der Waals surface area contributed by atoms with E-state index in [4.69, 9.17) is 11.6 Å². The molecule has 0 radical (unpaired) electrons. The van der Waals surface area contributed by atoms with Gasteiger partial charge in [-0.15, -0.1) is 11.3 Å². The summed E-state index contributed by atoms with van der Waals surface area (Å²) in [5.74, 6) is 0. The second-order valence-electron chi connectivity index (χ2n) is 2.45.